The van der Waals surface area contributed by atoms with Crippen molar-refractivity contribution in [3.8, 4) is 5.75 Å². The molecule has 4 N–H and O–H groups in total. The molecule has 22 heavy (non-hydrogen) atoms. The Balaban J connectivity index is 1.96. The highest BCUT2D eigenvalue weighted by Gasteiger charge is 2.02. The summed E-state index contributed by atoms with van der Waals surface area (Å²) >= 11 is 0. The van der Waals surface area contributed by atoms with E-state index in [1.54, 1.807) is 24.3 Å². The van der Waals surface area contributed by atoms with Gasteiger partial charge in [0.05, 0.1) is 6.21 Å². The third kappa shape index (κ3) is 4.86. The molecular formula is C15H14F2N4O. The van der Waals surface area contributed by atoms with Crippen LogP contribution >= 0.6 is 0 Å². The van der Waals surface area contributed by atoms with Gasteiger partial charge < -0.3 is 16.2 Å². The average molecular weight is 304 g/mol. The van der Waals surface area contributed by atoms with Crippen LogP contribution in [-0.4, -0.2) is 12.2 Å². The van der Waals surface area contributed by atoms with Crippen molar-refractivity contribution in [3.05, 3.63) is 65.2 Å². The van der Waals surface area contributed by atoms with Crippen molar-refractivity contribution >= 4 is 12.2 Å². The number of ether oxygens (including phenoxy) is 1. The quantitative estimate of drug-likeness (QED) is 0.504. The first-order chi connectivity index (χ1) is 10.5. The van der Waals surface area contributed by atoms with Gasteiger partial charge in [-0.15, -0.1) is 5.10 Å². The number of halogens is 2. The molecule has 114 valence electrons. The SMILES string of the molecule is NC(N)=NN=Cc1ccc(COc2cc(F)cc(F)c2)cc1. The summed E-state index contributed by atoms with van der Waals surface area (Å²) in [6, 6.07) is 10.2. The van der Waals surface area contributed by atoms with Crippen LogP contribution in [0.25, 0.3) is 0 Å². The van der Waals surface area contributed by atoms with Crippen molar-refractivity contribution in [2.75, 3.05) is 0 Å². The lowest BCUT2D eigenvalue weighted by Crippen LogP contribution is -2.21. The zero-order chi connectivity index (χ0) is 15.9. The van der Waals surface area contributed by atoms with Gasteiger partial charge in [0.1, 0.15) is 24.0 Å². The Hall–Kier alpha value is -2.96. The smallest absolute Gasteiger partial charge is 0.211 e. The van der Waals surface area contributed by atoms with Crippen LogP contribution in [0.4, 0.5) is 8.78 Å². The number of hydrogen-bond acceptors (Lipinski definition) is 3. The molecule has 0 saturated carbocycles. The molecule has 0 fully saturated rings. The summed E-state index contributed by atoms with van der Waals surface area (Å²) in [5.41, 5.74) is 11.9. The maximum atomic E-state index is 13.0. The van der Waals surface area contributed by atoms with Crippen molar-refractivity contribution in [1.29, 1.82) is 0 Å². The van der Waals surface area contributed by atoms with Crippen molar-refractivity contribution in [2.24, 2.45) is 21.7 Å². The van der Waals surface area contributed by atoms with E-state index in [1.807, 2.05) is 0 Å². The second-order valence-corrected chi connectivity index (χ2v) is 4.40. The van der Waals surface area contributed by atoms with E-state index in [4.69, 9.17) is 16.2 Å². The fourth-order valence-corrected chi connectivity index (χ4v) is 1.64. The molecule has 0 unspecified atom stereocenters. The zero-order valence-corrected chi connectivity index (χ0v) is 11.5. The van der Waals surface area contributed by atoms with Gasteiger partial charge in [0.15, 0.2) is 0 Å². The fraction of sp³-hybridized carbons (Fsp3) is 0.0667. The first-order valence-corrected chi connectivity index (χ1v) is 6.33. The van der Waals surface area contributed by atoms with Crippen molar-refractivity contribution in [2.45, 2.75) is 6.61 Å². The second-order valence-electron chi connectivity index (χ2n) is 4.40. The van der Waals surface area contributed by atoms with E-state index >= 15 is 0 Å². The molecule has 7 heteroatoms. The summed E-state index contributed by atoms with van der Waals surface area (Å²) in [5.74, 6) is -1.35. The van der Waals surface area contributed by atoms with Gasteiger partial charge in [0.2, 0.25) is 5.96 Å². The van der Waals surface area contributed by atoms with Gasteiger partial charge in [-0.05, 0) is 11.1 Å². The van der Waals surface area contributed by atoms with E-state index in [2.05, 4.69) is 10.2 Å². The Morgan fingerprint density at radius 1 is 1.05 bits per heavy atom. The summed E-state index contributed by atoms with van der Waals surface area (Å²) in [6.45, 7) is 0.189. The Morgan fingerprint density at radius 3 is 2.27 bits per heavy atom. The van der Waals surface area contributed by atoms with Crippen LogP contribution in [0.1, 0.15) is 11.1 Å². The molecule has 0 amide bonds. The van der Waals surface area contributed by atoms with Crippen molar-refractivity contribution < 1.29 is 13.5 Å². The Labute approximate surface area is 125 Å². The van der Waals surface area contributed by atoms with Gasteiger partial charge in [0.25, 0.3) is 0 Å². The second kappa shape index (κ2) is 7.16. The molecule has 2 aromatic rings. The first-order valence-electron chi connectivity index (χ1n) is 6.33. The van der Waals surface area contributed by atoms with Crippen LogP contribution in [0.15, 0.2) is 52.7 Å². The van der Waals surface area contributed by atoms with Gasteiger partial charge in [-0.1, -0.05) is 24.3 Å². The molecule has 0 spiro atoms. The molecule has 2 aromatic carbocycles. The Morgan fingerprint density at radius 2 is 1.68 bits per heavy atom. The third-order valence-electron chi connectivity index (χ3n) is 2.60. The van der Waals surface area contributed by atoms with E-state index in [-0.39, 0.29) is 18.3 Å². The zero-order valence-electron chi connectivity index (χ0n) is 11.5. The molecule has 0 heterocycles. The molecular weight excluding hydrogens is 290 g/mol. The maximum Gasteiger partial charge on any atom is 0.211 e. The Kier molecular flexibility index (Phi) is 5.02. The van der Waals surface area contributed by atoms with Gasteiger partial charge in [-0.3, -0.25) is 0 Å². The minimum absolute atomic E-state index is 0.122. The van der Waals surface area contributed by atoms with E-state index in [0.717, 1.165) is 29.3 Å². The molecule has 0 atom stereocenters. The minimum Gasteiger partial charge on any atom is -0.489 e. The van der Waals surface area contributed by atoms with E-state index in [1.165, 1.54) is 6.21 Å². The average Bonchev–Trinajstić information content (AvgIpc) is 2.45. The van der Waals surface area contributed by atoms with Crippen molar-refractivity contribution in [1.82, 2.24) is 0 Å². The van der Waals surface area contributed by atoms with Crippen molar-refractivity contribution in [3.63, 3.8) is 0 Å². The fourth-order valence-electron chi connectivity index (χ4n) is 1.64. The predicted molar refractivity (Wildman–Crippen MR) is 80.5 cm³/mol. The number of benzene rings is 2. The van der Waals surface area contributed by atoms with Crippen LogP contribution in [-0.2, 0) is 6.61 Å². The molecule has 0 bridgehead atoms. The highest BCUT2D eigenvalue weighted by atomic mass is 19.1. The lowest BCUT2D eigenvalue weighted by atomic mass is 10.1. The molecule has 0 aliphatic heterocycles. The van der Waals surface area contributed by atoms with E-state index in [9.17, 15) is 8.78 Å². The van der Waals surface area contributed by atoms with Crippen LogP contribution in [0.5, 0.6) is 5.75 Å². The maximum absolute atomic E-state index is 13.0. The summed E-state index contributed by atoms with van der Waals surface area (Å²) in [7, 11) is 0. The number of nitrogens with zero attached hydrogens (tertiary/aromatic N) is 2. The van der Waals surface area contributed by atoms with Gasteiger partial charge in [-0.25, -0.2) is 8.78 Å². The molecule has 0 radical (unpaired) electrons. The van der Waals surface area contributed by atoms with E-state index in [0.29, 0.717) is 0 Å². The van der Waals surface area contributed by atoms with Crippen LogP contribution < -0.4 is 16.2 Å². The summed E-state index contributed by atoms with van der Waals surface area (Å²) < 4.78 is 31.4. The summed E-state index contributed by atoms with van der Waals surface area (Å²) in [5, 5.41) is 7.16. The third-order valence-corrected chi connectivity index (χ3v) is 2.60. The largest absolute Gasteiger partial charge is 0.489 e. The molecule has 0 aliphatic rings. The molecule has 2 rings (SSSR count). The van der Waals surface area contributed by atoms with Crippen LogP contribution in [0.2, 0.25) is 0 Å². The van der Waals surface area contributed by atoms with E-state index < -0.39 is 11.6 Å². The van der Waals surface area contributed by atoms with Gasteiger partial charge in [-0.2, -0.15) is 5.10 Å². The number of hydrogen-bond donors (Lipinski definition) is 2. The number of nitrogens with two attached hydrogens (primary N) is 2. The lowest BCUT2D eigenvalue weighted by molar-refractivity contribution is 0.302. The van der Waals surface area contributed by atoms with Crippen LogP contribution in [0, 0.1) is 11.6 Å². The highest BCUT2D eigenvalue weighted by molar-refractivity contribution is 5.81. The monoisotopic (exact) mass is 304 g/mol. The lowest BCUT2D eigenvalue weighted by Gasteiger charge is -2.06. The van der Waals surface area contributed by atoms with Crippen LogP contribution in [0.3, 0.4) is 0 Å². The molecule has 5 nitrogen and oxygen atoms in total. The number of rotatable bonds is 5. The summed E-state index contributed by atoms with van der Waals surface area (Å²) in [4.78, 5) is 0. The molecule has 0 aliphatic carbocycles. The predicted octanol–water partition coefficient (Wildman–Crippen LogP) is 2.15. The standard InChI is InChI=1S/C15H14F2N4O/c16-12-5-13(17)7-14(6-12)22-9-11-3-1-10(2-4-11)8-20-21-15(18)19/h1-8H,9H2,(H4,18,19,21). The topological polar surface area (TPSA) is 86.0 Å². The highest BCUT2D eigenvalue weighted by Crippen LogP contribution is 2.17. The normalized spacial score (nSPS) is 10.6. The molecule has 0 saturated heterocycles. The summed E-state index contributed by atoms with van der Waals surface area (Å²) in [6.07, 6.45) is 1.49. The van der Waals surface area contributed by atoms with Gasteiger partial charge >= 0.3 is 0 Å². The minimum atomic E-state index is -0.679. The first kappa shape index (κ1) is 15.4. The number of guanidine groups is 1. The Bertz CT molecular complexity index is 675. The van der Waals surface area contributed by atoms with Gasteiger partial charge in [0, 0.05) is 18.2 Å². The molecule has 0 aromatic heterocycles.